The molecular formula is C17H16FNO2. The Kier molecular flexibility index (Phi) is 5.30. The van der Waals surface area contributed by atoms with E-state index in [1.807, 2.05) is 30.3 Å². The fraction of sp³-hybridized carbons (Fsp3) is 0.235. The highest BCUT2D eigenvalue weighted by molar-refractivity contribution is 5.33. The molecule has 0 fully saturated rings. The van der Waals surface area contributed by atoms with Crippen LogP contribution >= 0.6 is 0 Å². The molecule has 2 aromatic carbocycles. The van der Waals surface area contributed by atoms with Gasteiger partial charge in [0.25, 0.3) is 0 Å². The zero-order valence-electron chi connectivity index (χ0n) is 11.8. The normalized spacial score (nSPS) is 10.1. The minimum Gasteiger partial charge on any atom is -0.489 e. The van der Waals surface area contributed by atoms with Crippen LogP contribution in [0.3, 0.4) is 0 Å². The van der Waals surface area contributed by atoms with Gasteiger partial charge >= 0.3 is 0 Å². The molecular weight excluding hydrogens is 269 g/mol. The second kappa shape index (κ2) is 7.41. The van der Waals surface area contributed by atoms with Crippen molar-refractivity contribution in [3.63, 3.8) is 0 Å². The maximum absolute atomic E-state index is 13.7. The average molecular weight is 285 g/mol. The van der Waals surface area contributed by atoms with E-state index in [4.69, 9.17) is 14.7 Å². The summed E-state index contributed by atoms with van der Waals surface area (Å²) in [5.74, 6) is 0.255. The molecule has 2 rings (SSSR count). The van der Waals surface area contributed by atoms with Gasteiger partial charge in [0, 0.05) is 12.7 Å². The van der Waals surface area contributed by atoms with Crippen LogP contribution in [0.2, 0.25) is 0 Å². The second-order valence-electron chi connectivity index (χ2n) is 4.59. The molecule has 0 unspecified atom stereocenters. The summed E-state index contributed by atoms with van der Waals surface area (Å²) in [7, 11) is 1.67. The predicted octanol–water partition coefficient (Wildman–Crippen LogP) is 3.47. The third kappa shape index (κ3) is 4.30. The predicted molar refractivity (Wildman–Crippen MR) is 77.5 cm³/mol. The molecule has 0 radical (unpaired) electrons. The molecule has 4 heteroatoms. The van der Waals surface area contributed by atoms with E-state index in [2.05, 4.69) is 0 Å². The van der Waals surface area contributed by atoms with Crippen LogP contribution in [0.1, 0.15) is 16.7 Å². The molecule has 0 aliphatic heterocycles. The number of halogens is 1. The summed E-state index contributed by atoms with van der Waals surface area (Å²) >= 11 is 0. The van der Waals surface area contributed by atoms with Gasteiger partial charge in [-0.25, -0.2) is 4.39 Å². The molecule has 0 N–H and O–H groups in total. The van der Waals surface area contributed by atoms with E-state index in [0.29, 0.717) is 23.5 Å². The maximum Gasteiger partial charge on any atom is 0.131 e. The number of hydrogen-bond donors (Lipinski definition) is 0. The first kappa shape index (κ1) is 15.0. The number of ether oxygens (including phenoxy) is 2. The van der Waals surface area contributed by atoms with E-state index in [-0.39, 0.29) is 6.61 Å². The van der Waals surface area contributed by atoms with Crippen LogP contribution in [-0.2, 0) is 17.8 Å². The molecule has 0 aliphatic rings. The first-order valence-corrected chi connectivity index (χ1v) is 6.62. The number of nitrogens with zero attached hydrogens (tertiary/aromatic N) is 1. The van der Waals surface area contributed by atoms with E-state index in [1.54, 1.807) is 19.2 Å². The number of nitriles is 1. The van der Waals surface area contributed by atoms with E-state index >= 15 is 0 Å². The quantitative estimate of drug-likeness (QED) is 0.816. The van der Waals surface area contributed by atoms with Gasteiger partial charge in [0.1, 0.15) is 18.2 Å². The van der Waals surface area contributed by atoms with Crippen molar-refractivity contribution in [2.24, 2.45) is 0 Å². The third-order valence-corrected chi connectivity index (χ3v) is 3.09. The lowest BCUT2D eigenvalue weighted by molar-refractivity contribution is 0.202. The number of rotatable bonds is 6. The molecule has 0 spiro atoms. The minimum absolute atomic E-state index is 0.134. The van der Waals surface area contributed by atoms with Crippen LogP contribution in [0.4, 0.5) is 4.39 Å². The summed E-state index contributed by atoms with van der Waals surface area (Å²) in [6.45, 7) is 0.811. The second-order valence-corrected chi connectivity index (χ2v) is 4.59. The molecule has 0 saturated heterocycles. The Bertz CT molecular complexity index is 632. The van der Waals surface area contributed by atoms with Crippen molar-refractivity contribution in [1.82, 2.24) is 0 Å². The van der Waals surface area contributed by atoms with Gasteiger partial charge < -0.3 is 9.47 Å². The monoisotopic (exact) mass is 285 g/mol. The van der Waals surface area contributed by atoms with Gasteiger partial charge in [0.15, 0.2) is 0 Å². The van der Waals surface area contributed by atoms with Crippen LogP contribution in [-0.4, -0.2) is 13.7 Å². The zero-order valence-corrected chi connectivity index (χ0v) is 11.8. The standard InChI is InChI=1S/C17H16FNO2/c1-20-9-8-13-3-6-16(7-4-13)21-12-15-5-2-14(11-19)10-17(15)18/h2-7,10H,8-9,12H2,1H3. The van der Waals surface area contributed by atoms with Crippen LogP contribution in [0.5, 0.6) is 5.75 Å². The summed E-state index contributed by atoms with van der Waals surface area (Å²) in [5, 5.41) is 8.69. The summed E-state index contributed by atoms with van der Waals surface area (Å²) in [6, 6.07) is 13.9. The minimum atomic E-state index is -0.425. The first-order chi connectivity index (χ1) is 10.2. The molecule has 0 saturated carbocycles. The SMILES string of the molecule is COCCc1ccc(OCc2ccc(C#N)cc2F)cc1. The molecule has 0 aliphatic carbocycles. The highest BCUT2D eigenvalue weighted by Crippen LogP contribution is 2.16. The van der Waals surface area contributed by atoms with Gasteiger partial charge in [0.05, 0.1) is 18.2 Å². The Morgan fingerprint density at radius 1 is 1.14 bits per heavy atom. The lowest BCUT2D eigenvalue weighted by atomic mass is 10.1. The maximum atomic E-state index is 13.7. The number of methoxy groups -OCH3 is 1. The van der Waals surface area contributed by atoms with Gasteiger partial charge in [0.2, 0.25) is 0 Å². The highest BCUT2D eigenvalue weighted by Gasteiger charge is 2.04. The smallest absolute Gasteiger partial charge is 0.131 e. The summed E-state index contributed by atoms with van der Waals surface area (Å²) in [4.78, 5) is 0. The van der Waals surface area contributed by atoms with E-state index in [0.717, 1.165) is 12.0 Å². The average Bonchev–Trinajstić information content (AvgIpc) is 2.52. The molecule has 0 bridgehead atoms. The van der Waals surface area contributed by atoms with Crippen molar-refractivity contribution in [1.29, 1.82) is 5.26 Å². The molecule has 0 amide bonds. The largest absolute Gasteiger partial charge is 0.489 e. The molecule has 0 atom stereocenters. The van der Waals surface area contributed by atoms with Crippen LogP contribution in [0.15, 0.2) is 42.5 Å². The summed E-state index contributed by atoms with van der Waals surface area (Å²) in [6.07, 6.45) is 0.848. The number of hydrogen-bond acceptors (Lipinski definition) is 3. The molecule has 21 heavy (non-hydrogen) atoms. The summed E-state index contributed by atoms with van der Waals surface area (Å²) < 4.78 is 24.3. The van der Waals surface area contributed by atoms with Crippen molar-refractivity contribution < 1.29 is 13.9 Å². The molecule has 3 nitrogen and oxygen atoms in total. The van der Waals surface area contributed by atoms with Crippen molar-refractivity contribution in [2.75, 3.05) is 13.7 Å². The fourth-order valence-electron chi connectivity index (χ4n) is 1.87. The zero-order chi connectivity index (χ0) is 15.1. The molecule has 108 valence electrons. The fourth-order valence-corrected chi connectivity index (χ4v) is 1.87. The van der Waals surface area contributed by atoms with Gasteiger partial charge in [-0.15, -0.1) is 0 Å². The Labute approximate surface area is 123 Å². The van der Waals surface area contributed by atoms with Gasteiger partial charge in [-0.2, -0.15) is 5.26 Å². The summed E-state index contributed by atoms with van der Waals surface area (Å²) in [5.41, 5.74) is 1.89. The van der Waals surface area contributed by atoms with E-state index in [1.165, 1.54) is 6.07 Å². The van der Waals surface area contributed by atoms with Gasteiger partial charge in [-0.1, -0.05) is 18.2 Å². The highest BCUT2D eigenvalue weighted by atomic mass is 19.1. The van der Waals surface area contributed by atoms with Crippen LogP contribution in [0, 0.1) is 17.1 Å². The Hall–Kier alpha value is -2.38. The van der Waals surface area contributed by atoms with Crippen molar-refractivity contribution in [2.45, 2.75) is 13.0 Å². The lowest BCUT2D eigenvalue weighted by Gasteiger charge is -2.08. The molecule has 2 aromatic rings. The van der Waals surface area contributed by atoms with Crippen molar-refractivity contribution in [3.8, 4) is 11.8 Å². The molecule has 0 aromatic heterocycles. The van der Waals surface area contributed by atoms with Crippen molar-refractivity contribution >= 4 is 0 Å². The number of benzene rings is 2. The Balaban J connectivity index is 1.95. The molecule has 0 heterocycles. The lowest BCUT2D eigenvalue weighted by Crippen LogP contribution is -1.99. The van der Waals surface area contributed by atoms with E-state index < -0.39 is 5.82 Å². The third-order valence-electron chi connectivity index (χ3n) is 3.09. The first-order valence-electron chi connectivity index (χ1n) is 6.62. The Morgan fingerprint density at radius 2 is 1.90 bits per heavy atom. The van der Waals surface area contributed by atoms with E-state index in [9.17, 15) is 4.39 Å². The van der Waals surface area contributed by atoms with Crippen LogP contribution in [0.25, 0.3) is 0 Å². The topological polar surface area (TPSA) is 42.2 Å². The van der Waals surface area contributed by atoms with Crippen LogP contribution < -0.4 is 4.74 Å². The Morgan fingerprint density at radius 3 is 2.52 bits per heavy atom. The van der Waals surface area contributed by atoms with Gasteiger partial charge in [-0.05, 0) is 36.2 Å². The van der Waals surface area contributed by atoms with Crippen molar-refractivity contribution in [3.05, 3.63) is 65.0 Å². The van der Waals surface area contributed by atoms with Gasteiger partial charge in [-0.3, -0.25) is 0 Å².